The topological polar surface area (TPSA) is 21.3 Å². The summed E-state index contributed by atoms with van der Waals surface area (Å²) in [6.45, 7) is 0.221. The Morgan fingerprint density at radius 1 is 1.10 bits per heavy atom. The Labute approximate surface area is 126 Å². The normalized spacial score (nSPS) is 11.3. The predicted molar refractivity (Wildman–Crippen MR) is 74.6 cm³/mol. The van der Waals surface area contributed by atoms with Crippen LogP contribution < -0.4 is 10.1 Å². The number of halogens is 5. The van der Waals surface area contributed by atoms with E-state index in [2.05, 4.69) is 26.0 Å². The molecule has 0 saturated heterocycles. The summed E-state index contributed by atoms with van der Waals surface area (Å²) < 4.78 is 53.8. The Hall–Kier alpha value is -1.76. The molecule has 0 aliphatic carbocycles. The summed E-state index contributed by atoms with van der Waals surface area (Å²) >= 11 is 3.00. The largest absolute Gasteiger partial charge is 0.573 e. The molecule has 0 radical (unpaired) electrons. The molecule has 0 heterocycles. The highest BCUT2D eigenvalue weighted by atomic mass is 79.9. The van der Waals surface area contributed by atoms with Crippen LogP contribution in [0.1, 0.15) is 5.56 Å². The molecule has 0 aromatic heterocycles. The van der Waals surface area contributed by atoms with Gasteiger partial charge >= 0.3 is 6.36 Å². The second-order valence-corrected chi connectivity index (χ2v) is 4.99. The summed E-state index contributed by atoms with van der Waals surface area (Å²) in [4.78, 5) is 0. The van der Waals surface area contributed by atoms with Crippen LogP contribution in [0.25, 0.3) is 0 Å². The Morgan fingerprint density at radius 2 is 1.81 bits per heavy atom. The highest BCUT2D eigenvalue weighted by Gasteiger charge is 2.31. The van der Waals surface area contributed by atoms with Crippen LogP contribution in [0.3, 0.4) is 0 Å². The monoisotopic (exact) mass is 363 g/mol. The molecule has 21 heavy (non-hydrogen) atoms. The van der Waals surface area contributed by atoms with Crippen molar-refractivity contribution in [2.75, 3.05) is 5.32 Å². The van der Waals surface area contributed by atoms with Crippen molar-refractivity contribution in [3.63, 3.8) is 0 Å². The third kappa shape index (κ3) is 4.63. The van der Waals surface area contributed by atoms with Crippen LogP contribution >= 0.6 is 15.9 Å². The molecule has 0 amide bonds. The SMILES string of the molecule is Fc1ccccc1CNc1ccc(OC(F)(F)F)c(Br)c1. The Bertz CT molecular complexity index is 631. The van der Waals surface area contributed by atoms with Crippen molar-refractivity contribution in [3.8, 4) is 5.75 Å². The lowest BCUT2D eigenvalue weighted by Gasteiger charge is -2.12. The van der Waals surface area contributed by atoms with E-state index in [9.17, 15) is 17.6 Å². The van der Waals surface area contributed by atoms with Gasteiger partial charge in [-0.15, -0.1) is 13.2 Å². The van der Waals surface area contributed by atoms with Crippen molar-refractivity contribution in [1.29, 1.82) is 0 Å². The van der Waals surface area contributed by atoms with E-state index >= 15 is 0 Å². The smallest absolute Gasteiger partial charge is 0.405 e. The van der Waals surface area contributed by atoms with Crippen molar-refractivity contribution in [3.05, 3.63) is 58.3 Å². The van der Waals surface area contributed by atoms with Gasteiger partial charge in [-0.1, -0.05) is 18.2 Å². The maximum absolute atomic E-state index is 13.4. The zero-order chi connectivity index (χ0) is 15.5. The molecule has 2 aromatic rings. The van der Waals surface area contributed by atoms with Gasteiger partial charge < -0.3 is 10.1 Å². The van der Waals surface area contributed by atoms with Crippen LogP contribution in [0.4, 0.5) is 23.2 Å². The van der Waals surface area contributed by atoms with Crippen molar-refractivity contribution < 1.29 is 22.3 Å². The second-order valence-electron chi connectivity index (χ2n) is 4.14. The summed E-state index contributed by atoms with van der Waals surface area (Å²) in [5.74, 6) is -0.681. The summed E-state index contributed by atoms with van der Waals surface area (Å²) in [6, 6.07) is 10.3. The molecule has 112 valence electrons. The molecule has 2 nitrogen and oxygen atoms in total. The molecule has 0 fully saturated rings. The van der Waals surface area contributed by atoms with Crippen molar-refractivity contribution in [2.24, 2.45) is 0 Å². The molecule has 7 heteroatoms. The highest BCUT2D eigenvalue weighted by Crippen LogP contribution is 2.32. The zero-order valence-electron chi connectivity index (χ0n) is 10.5. The van der Waals surface area contributed by atoms with Gasteiger partial charge in [-0.2, -0.15) is 0 Å². The van der Waals surface area contributed by atoms with E-state index in [1.807, 2.05) is 0 Å². The number of nitrogens with one attached hydrogen (secondary N) is 1. The number of rotatable bonds is 4. The second kappa shape index (κ2) is 6.34. The number of benzene rings is 2. The summed E-state index contributed by atoms with van der Waals surface area (Å²) in [5, 5.41) is 2.93. The zero-order valence-corrected chi connectivity index (χ0v) is 12.1. The van der Waals surface area contributed by atoms with E-state index in [1.54, 1.807) is 18.2 Å². The number of hydrogen-bond donors (Lipinski definition) is 1. The predicted octanol–water partition coefficient (Wildman–Crippen LogP) is 5.10. The van der Waals surface area contributed by atoms with Crippen molar-refractivity contribution >= 4 is 21.6 Å². The van der Waals surface area contributed by atoms with Gasteiger partial charge in [0.1, 0.15) is 11.6 Å². The first-order chi connectivity index (χ1) is 9.85. The van der Waals surface area contributed by atoms with Gasteiger partial charge in [0.15, 0.2) is 0 Å². The van der Waals surface area contributed by atoms with Crippen molar-refractivity contribution in [1.82, 2.24) is 0 Å². The van der Waals surface area contributed by atoms with E-state index in [-0.39, 0.29) is 22.6 Å². The van der Waals surface area contributed by atoms with Gasteiger partial charge in [0, 0.05) is 17.8 Å². The van der Waals surface area contributed by atoms with E-state index in [4.69, 9.17) is 0 Å². The lowest BCUT2D eigenvalue weighted by Crippen LogP contribution is -2.17. The third-order valence-electron chi connectivity index (χ3n) is 2.60. The van der Waals surface area contributed by atoms with Gasteiger partial charge in [0.2, 0.25) is 0 Å². The van der Waals surface area contributed by atoms with Crippen molar-refractivity contribution in [2.45, 2.75) is 12.9 Å². The molecule has 0 aliphatic rings. The number of alkyl halides is 3. The fourth-order valence-electron chi connectivity index (χ4n) is 1.66. The summed E-state index contributed by atoms with van der Waals surface area (Å²) in [7, 11) is 0. The van der Waals surface area contributed by atoms with Gasteiger partial charge in [-0.3, -0.25) is 0 Å². The molecule has 0 unspecified atom stereocenters. The first-order valence-electron chi connectivity index (χ1n) is 5.88. The fraction of sp³-hybridized carbons (Fsp3) is 0.143. The van der Waals surface area contributed by atoms with Gasteiger partial charge in [0.05, 0.1) is 4.47 Å². The molecule has 0 bridgehead atoms. The van der Waals surface area contributed by atoms with Crippen LogP contribution in [-0.4, -0.2) is 6.36 Å². The summed E-state index contributed by atoms with van der Waals surface area (Å²) in [6.07, 6.45) is -4.75. The molecule has 0 spiro atoms. The Morgan fingerprint density at radius 3 is 2.43 bits per heavy atom. The van der Waals surface area contributed by atoms with Gasteiger partial charge in [-0.25, -0.2) is 4.39 Å². The Kier molecular flexibility index (Phi) is 4.72. The number of hydrogen-bond acceptors (Lipinski definition) is 2. The summed E-state index contributed by atoms with van der Waals surface area (Å²) in [5.41, 5.74) is 1.00. The van der Waals surface area contributed by atoms with E-state index < -0.39 is 6.36 Å². The lowest BCUT2D eigenvalue weighted by atomic mass is 10.2. The molecule has 2 aromatic carbocycles. The minimum absolute atomic E-state index is 0.151. The van der Waals surface area contributed by atoms with E-state index in [1.165, 1.54) is 24.3 Å². The molecule has 0 atom stereocenters. The Balaban J connectivity index is 2.05. The molecule has 2 rings (SSSR count). The first kappa shape index (κ1) is 15.6. The maximum atomic E-state index is 13.4. The van der Waals surface area contributed by atoms with E-state index in [0.717, 1.165) is 0 Å². The maximum Gasteiger partial charge on any atom is 0.573 e. The average Bonchev–Trinajstić information content (AvgIpc) is 2.39. The highest BCUT2D eigenvalue weighted by molar-refractivity contribution is 9.10. The fourth-order valence-corrected chi connectivity index (χ4v) is 2.12. The van der Waals surface area contributed by atoms with Gasteiger partial charge in [-0.05, 0) is 40.2 Å². The van der Waals surface area contributed by atoms with Crippen LogP contribution in [0, 0.1) is 5.82 Å². The third-order valence-corrected chi connectivity index (χ3v) is 3.22. The van der Waals surface area contributed by atoms with Crippen LogP contribution in [0.15, 0.2) is 46.9 Å². The average molecular weight is 364 g/mol. The van der Waals surface area contributed by atoms with Crippen LogP contribution in [0.5, 0.6) is 5.75 Å². The molecular formula is C14H10BrF4NO. The molecular weight excluding hydrogens is 354 g/mol. The first-order valence-corrected chi connectivity index (χ1v) is 6.67. The van der Waals surface area contributed by atoms with Crippen LogP contribution in [-0.2, 0) is 6.54 Å². The minimum Gasteiger partial charge on any atom is -0.405 e. The number of anilines is 1. The number of ether oxygens (including phenoxy) is 1. The van der Waals surface area contributed by atoms with Gasteiger partial charge in [0.25, 0.3) is 0 Å². The molecule has 0 aliphatic heterocycles. The molecule has 1 N–H and O–H groups in total. The minimum atomic E-state index is -4.75. The quantitative estimate of drug-likeness (QED) is 0.763. The standard InChI is InChI=1S/C14H10BrF4NO/c15-11-7-10(5-6-13(11)21-14(17,18)19)20-8-9-3-1-2-4-12(9)16/h1-7,20H,8H2. The lowest BCUT2D eigenvalue weighted by molar-refractivity contribution is -0.274. The van der Waals surface area contributed by atoms with E-state index in [0.29, 0.717) is 11.3 Å². The van der Waals surface area contributed by atoms with Crippen LogP contribution in [0.2, 0.25) is 0 Å². The molecule has 0 saturated carbocycles.